The Morgan fingerprint density at radius 1 is 1.38 bits per heavy atom. The maximum absolute atomic E-state index is 12.3. The van der Waals surface area contributed by atoms with Gasteiger partial charge in [-0.05, 0) is 19.4 Å². The summed E-state index contributed by atoms with van der Waals surface area (Å²) < 4.78 is 5.29. The summed E-state index contributed by atoms with van der Waals surface area (Å²) in [6.45, 7) is 3.26. The highest BCUT2D eigenvalue weighted by molar-refractivity contribution is 5.97. The molecule has 1 aliphatic rings. The molecule has 1 aromatic rings. The van der Waals surface area contributed by atoms with Crippen molar-refractivity contribution in [2.75, 3.05) is 14.2 Å². The number of ketones is 1. The molecule has 4 nitrogen and oxygen atoms in total. The molecule has 1 fully saturated rings. The molecule has 0 spiro atoms. The molecule has 0 bridgehead atoms. The largest absolute Gasteiger partial charge is 0.372 e. The number of likely N-dealkylation sites (N-methyl/N-ethyl adjacent to an activating group) is 1. The number of hydrogen-bond acceptors (Lipinski definition) is 3. The lowest BCUT2D eigenvalue weighted by molar-refractivity contribution is -0.181. The zero-order valence-electron chi connectivity index (χ0n) is 12.9. The van der Waals surface area contributed by atoms with Crippen LogP contribution in [0.3, 0.4) is 0 Å². The Hall–Kier alpha value is -1.94. The zero-order chi connectivity index (χ0) is 15.6. The van der Waals surface area contributed by atoms with Crippen LogP contribution in [0.1, 0.15) is 19.4 Å². The summed E-state index contributed by atoms with van der Waals surface area (Å²) in [4.78, 5) is 25.7. The van der Waals surface area contributed by atoms with Crippen molar-refractivity contribution in [3.05, 3.63) is 42.0 Å². The van der Waals surface area contributed by atoms with E-state index in [-0.39, 0.29) is 17.7 Å². The van der Waals surface area contributed by atoms with Crippen molar-refractivity contribution >= 4 is 17.8 Å². The molecule has 1 aliphatic heterocycles. The van der Waals surface area contributed by atoms with Crippen molar-refractivity contribution in [3.8, 4) is 0 Å². The van der Waals surface area contributed by atoms with E-state index >= 15 is 0 Å². The average molecular weight is 287 g/mol. The number of ether oxygens (including phenoxy) is 1. The van der Waals surface area contributed by atoms with Crippen molar-refractivity contribution in [3.63, 3.8) is 0 Å². The van der Waals surface area contributed by atoms with E-state index in [2.05, 4.69) is 0 Å². The molecular formula is C17H21NO3. The predicted molar refractivity (Wildman–Crippen MR) is 81.6 cm³/mol. The van der Waals surface area contributed by atoms with Crippen molar-refractivity contribution in [1.82, 2.24) is 4.90 Å². The van der Waals surface area contributed by atoms with E-state index in [0.717, 1.165) is 5.56 Å². The third-order valence-corrected chi connectivity index (χ3v) is 4.23. The molecule has 0 aliphatic carbocycles. The molecule has 1 amide bonds. The third-order valence-electron chi connectivity index (χ3n) is 4.23. The minimum Gasteiger partial charge on any atom is -0.372 e. The molecule has 2 rings (SSSR count). The molecular weight excluding hydrogens is 266 g/mol. The normalized spacial score (nSPS) is 26.8. The lowest BCUT2D eigenvalue weighted by atomic mass is 9.67. The number of hydrogen-bond donors (Lipinski definition) is 0. The number of β-lactam (4-membered cyclic amide) rings is 1. The van der Waals surface area contributed by atoms with Crippen LogP contribution in [0.25, 0.3) is 6.08 Å². The summed E-state index contributed by atoms with van der Waals surface area (Å²) in [5.74, 6) is -0.188. The molecule has 1 aromatic carbocycles. The van der Waals surface area contributed by atoms with E-state index in [4.69, 9.17) is 4.74 Å². The Balaban J connectivity index is 2.27. The van der Waals surface area contributed by atoms with Crippen LogP contribution in [0.5, 0.6) is 0 Å². The van der Waals surface area contributed by atoms with Crippen LogP contribution in [-0.4, -0.2) is 42.9 Å². The summed E-state index contributed by atoms with van der Waals surface area (Å²) in [6, 6.07) is 9.71. The van der Waals surface area contributed by atoms with Crippen molar-refractivity contribution in [2.24, 2.45) is 5.41 Å². The molecule has 0 radical (unpaired) electrons. The minimum atomic E-state index is -0.833. The molecule has 1 heterocycles. The van der Waals surface area contributed by atoms with Crippen molar-refractivity contribution in [1.29, 1.82) is 0 Å². The van der Waals surface area contributed by atoms with E-state index in [0.29, 0.717) is 0 Å². The summed E-state index contributed by atoms with van der Waals surface area (Å²) >= 11 is 0. The fraction of sp³-hybridized carbons (Fsp3) is 0.412. The standard InChI is InChI=1S/C17H21NO3/c1-12(19)15(21-4)17(2)14(18(3)16(17)20)11-10-13-8-6-5-7-9-13/h5-11,14-15H,1-4H3/b11-10+. The highest BCUT2D eigenvalue weighted by atomic mass is 16.5. The number of Topliss-reactive ketones (excluding diaryl/α,β-unsaturated/α-hetero) is 1. The van der Waals surface area contributed by atoms with Gasteiger partial charge in [-0.15, -0.1) is 0 Å². The van der Waals surface area contributed by atoms with Crippen LogP contribution in [0.2, 0.25) is 0 Å². The maximum atomic E-state index is 12.3. The second-order valence-electron chi connectivity index (χ2n) is 5.64. The first kappa shape index (κ1) is 15.4. The van der Waals surface area contributed by atoms with Crippen LogP contribution in [0.4, 0.5) is 0 Å². The molecule has 1 saturated heterocycles. The van der Waals surface area contributed by atoms with E-state index in [1.165, 1.54) is 14.0 Å². The topological polar surface area (TPSA) is 46.6 Å². The fourth-order valence-electron chi connectivity index (χ4n) is 3.16. The summed E-state index contributed by atoms with van der Waals surface area (Å²) in [5, 5.41) is 0. The third kappa shape index (κ3) is 2.51. The van der Waals surface area contributed by atoms with Gasteiger partial charge in [-0.1, -0.05) is 42.5 Å². The SMILES string of the molecule is COC(C(C)=O)C1(C)C(=O)N(C)C1/C=C/c1ccccc1. The second-order valence-corrected chi connectivity index (χ2v) is 5.64. The molecule has 112 valence electrons. The van der Waals surface area contributed by atoms with Gasteiger partial charge < -0.3 is 9.64 Å². The first-order valence-electron chi connectivity index (χ1n) is 6.96. The van der Waals surface area contributed by atoms with Gasteiger partial charge in [0.15, 0.2) is 5.78 Å². The number of benzene rings is 1. The van der Waals surface area contributed by atoms with Crippen molar-refractivity contribution in [2.45, 2.75) is 26.0 Å². The average Bonchev–Trinajstić information content (AvgIpc) is 2.48. The Morgan fingerprint density at radius 3 is 2.52 bits per heavy atom. The van der Waals surface area contributed by atoms with Gasteiger partial charge in [0.25, 0.3) is 0 Å². The maximum Gasteiger partial charge on any atom is 0.234 e. The Bertz CT molecular complexity index is 567. The van der Waals surface area contributed by atoms with E-state index < -0.39 is 11.5 Å². The van der Waals surface area contributed by atoms with E-state index in [1.807, 2.05) is 42.5 Å². The van der Waals surface area contributed by atoms with Crippen LogP contribution in [0, 0.1) is 5.41 Å². The number of methoxy groups -OCH3 is 1. The Morgan fingerprint density at radius 2 is 2.00 bits per heavy atom. The molecule has 3 unspecified atom stereocenters. The monoisotopic (exact) mass is 287 g/mol. The summed E-state index contributed by atoms with van der Waals surface area (Å²) in [5.41, 5.74) is 0.227. The summed E-state index contributed by atoms with van der Waals surface area (Å²) in [6.07, 6.45) is 3.22. The molecule has 0 saturated carbocycles. The number of amides is 1. The van der Waals surface area contributed by atoms with Gasteiger partial charge in [0, 0.05) is 14.2 Å². The molecule has 3 atom stereocenters. The fourth-order valence-corrected chi connectivity index (χ4v) is 3.16. The number of rotatable bonds is 5. The van der Waals surface area contributed by atoms with E-state index in [1.54, 1.807) is 18.9 Å². The van der Waals surface area contributed by atoms with Gasteiger partial charge >= 0.3 is 0 Å². The number of nitrogens with zero attached hydrogens (tertiary/aromatic N) is 1. The Kier molecular flexibility index (Phi) is 4.28. The quantitative estimate of drug-likeness (QED) is 0.780. The lowest BCUT2D eigenvalue weighted by Gasteiger charge is -2.54. The molecule has 0 aromatic heterocycles. The zero-order valence-corrected chi connectivity index (χ0v) is 12.9. The Labute approximate surface area is 125 Å². The van der Waals surface area contributed by atoms with Gasteiger partial charge in [0.2, 0.25) is 5.91 Å². The van der Waals surface area contributed by atoms with Crippen LogP contribution in [0.15, 0.2) is 36.4 Å². The van der Waals surface area contributed by atoms with E-state index in [9.17, 15) is 9.59 Å². The summed E-state index contributed by atoms with van der Waals surface area (Å²) in [7, 11) is 3.22. The smallest absolute Gasteiger partial charge is 0.234 e. The lowest BCUT2D eigenvalue weighted by Crippen LogP contribution is -2.71. The predicted octanol–water partition coefficient (Wildman–Crippen LogP) is 2.15. The van der Waals surface area contributed by atoms with Gasteiger partial charge in [-0.2, -0.15) is 0 Å². The highest BCUT2D eigenvalue weighted by Crippen LogP contribution is 2.43. The molecule has 0 N–H and O–H groups in total. The van der Waals surface area contributed by atoms with Gasteiger partial charge in [0.1, 0.15) is 11.5 Å². The van der Waals surface area contributed by atoms with Gasteiger partial charge in [-0.25, -0.2) is 0 Å². The number of carbonyl (C=O) groups excluding carboxylic acids is 2. The molecule has 4 heteroatoms. The minimum absolute atomic E-state index is 0.0627. The molecule has 21 heavy (non-hydrogen) atoms. The second kappa shape index (κ2) is 5.82. The van der Waals surface area contributed by atoms with Gasteiger partial charge in [0.05, 0.1) is 6.04 Å². The van der Waals surface area contributed by atoms with Gasteiger partial charge in [-0.3, -0.25) is 9.59 Å². The first-order chi connectivity index (χ1) is 9.92. The number of carbonyl (C=O) groups is 2. The van der Waals surface area contributed by atoms with Crippen molar-refractivity contribution < 1.29 is 14.3 Å². The van der Waals surface area contributed by atoms with Crippen LogP contribution in [-0.2, 0) is 14.3 Å². The van der Waals surface area contributed by atoms with Crippen LogP contribution < -0.4 is 0 Å². The highest BCUT2D eigenvalue weighted by Gasteiger charge is 2.60. The van der Waals surface area contributed by atoms with Crippen LogP contribution >= 0.6 is 0 Å². The number of likely N-dealkylation sites (tertiary alicyclic amines) is 1. The first-order valence-corrected chi connectivity index (χ1v) is 6.96.